The summed E-state index contributed by atoms with van der Waals surface area (Å²) in [7, 11) is 0. The van der Waals surface area contributed by atoms with E-state index in [1.54, 1.807) is 45.9 Å². The standard InChI is InChI=1S/C15H18O5/c1-8-6-5-7-9-10(8)11(16)12(19-9)13(14(17)18)20-15(2,3)4/h5-7,12-13H,1-4H3,(H,17,18). The lowest BCUT2D eigenvalue weighted by Crippen LogP contribution is -2.46. The minimum atomic E-state index is -1.32. The molecule has 1 aliphatic rings. The Labute approximate surface area is 117 Å². The Hall–Kier alpha value is -1.88. The number of ether oxygens (including phenoxy) is 2. The van der Waals surface area contributed by atoms with Crippen LogP contribution < -0.4 is 4.74 Å². The molecule has 0 amide bonds. The van der Waals surface area contributed by atoms with Crippen LogP contribution in [0.4, 0.5) is 0 Å². The molecule has 0 saturated heterocycles. The van der Waals surface area contributed by atoms with Crippen molar-refractivity contribution in [2.24, 2.45) is 0 Å². The van der Waals surface area contributed by atoms with Crippen molar-refractivity contribution in [2.75, 3.05) is 0 Å². The largest absolute Gasteiger partial charge is 0.479 e. The van der Waals surface area contributed by atoms with Gasteiger partial charge in [0.25, 0.3) is 0 Å². The van der Waals surface area contributed by atoms with Crippen LogP contribution in [0, 0.1) is 6.92 Å². The second-order valence-corrected chi connectivity index (χ2v) is 5.84. The molecule has 5 heteroatoms. The van der Waals surface area contributed by atoms with Gasteiger partial charge in [-0.3, -0.25) is 4.79 Å². The molecule has 1 aliphatic heterocycles. The molecule has 0 aromatic heterocycles. The van der Waals surface area contributed by atoms with Crippen LogP contribution in [0.15, 0.2) is 18.2 Å². The van der Waals surface area contributed by atoms with Crippen molar-refractivity contribution in [3.63, 3.8) is 0 Å². The number of aliphatic carboxylic acids is 1. The highest BCUT2D eigenvalue weighted by Gasteiger charge is 2.45. The van der Waals surface area contributed by atoms with Crippen molar-refractivity contribution in [2.45, 2.75) is 45.5 Å². The van der Waals surface area contributed by atoms with Crippen molar-refractivity contribution >= 4 is 11.8 Å². The van der Waals surface area contributed by atoms with Gasteiger partial charge in [-0.05, 0) is 39.3 Å². The Kier molecular flexibility index (Phi) is 3.56. The summed E-state index contributed by atoms with van der Waals surface area (Å²) in [5, 5.41) is 9.31. The Morgan fingerprint density at radius 2 is 2.05 bits per heavy atom. The molecule has 0 spiro atoms. The number of aryl methyl sites for hydroxylation is 1. The minimum absolute atomic E-state index is 0.338. The molecule has 5 nitrogen and oxygen atoms in total. The number of benzene rings is 1. The van der Waals surface area contributed by atoms with E-state index < -0.39 is 23.8 Å². The smallest absolute Gasteiger partial charge is 0.337 e. The van der Waals surface area contributed by atoms with Crippen molar-refractivity contribution in [1.82, 2.24) is 0 Å². The van der Waals surface area contributed by atoms with E-state index in [1.807, 2.05) is 0 Å². The van der Waals surface area contributed by atoms with Gasteiger partial charge < -0.3 is 14.6 Å². The molecule has 1 N–H and O–H groups in total. The van der Waals surface area contributed by atoms with Crippen LogP contribution in [0.2, 0.25) is 0 Å². The summed E-state index contributed by atoms with van der Waals surface area (Å²) >= 11 is 0. The van der Waals surface area contributed by atoms with Gasteiger partial charge in [0.15, 0.2) is 12.2 Å². The van der Waals surface area contributed by atoms with Gasteiger partial charge in [0.05, 0.1) is 11.2 Å². The van der Waals surface area contributed by atoms with Gasteiger partial charge in [-0.15, -0.1) is 0 Å². The van der Waals surface area contributed by atoms with Crippen LogP contribution in [0.1, 0.15) is 36.7 Å². The van der Waals surface area contributed by atoms with Crippen LogP contribution in [0.3, 0.4) is 0 Å². The van der Waals surface area contributed by atoms with E-state index in [1.165, 1.54) is 0 Å². The summed E-state index contributed by atoms with van der Waals surface area (Å²) in [5.74, 6) is -1.12. The lowest BCUT2D eigenvalue weighted by molar-refractivity contribution is -0.166. The van der Waals surface area contributed by atoms with E-state index in [2.05, 4.69) is 0 Å². The number of hydrogen-bond acceptors (Lipinski definition) is 4. The minimum Gasteiger partial charge on any atom is -0.479 e. The zero-order chi connectivity index (χ0) is 15.1. The van der Waals surface area contributed by atoms with Gasteiger partial charge in [-0.1, -0.05) is 12.1 Å². The maximum absolute atomic E-state index is 12.4. The average Bonchev–Trinajstić information content (AvgIpc) is 2.63. The highest BCUT2D eigenvalue weighted by molar-refractivity contribution is 6.07. The molecule has 2 unspecified atom stereocenters. The molecule has 0 saturated carbocycles. The first-order valence-corrected chi connectivity index (χ1v) is 6.42. The fourth-order valence-electron chi connectivity index (χ4n) is 2.21. The van der Waals surface area contributed by atoms with Gasteiger partial charge in [0.2, 0.25) is 5.78 Å². The molecule has 0 aliphatic carbocycles. The first kappa shape index (κ1) is 14.5. The van der Waals surface area contributed by atoms with Crippen LogP contribution in [-0.2, 0) is 9.53 Å². The van der Waals surface area contributed by atoms with Gasteiger partial charge in [-0.25, -0.2) is 4.79 Å². The van der Waals surface area contributed by atoms with Crippen LogP contribution in [0.5, 0.6) is 5.75 Å². The average molecular weight is 278 g/mol. The number of ketones is 1. The molecular weight excluding hydrogens is 260 g/mol. The lowest BCUT2D eigenvalue weighted by atomic mass is 10.00. The summed E-state index contributed by atoms with van der Waals surface area (Å²) in [6, 6.07) is 5.23. The molecule has 1 heterocycles. The normalized spacial score (nSPS) is 19.4. The molecular formula is C15H18O5. The van der Waals surface area contributed by atoms with Gasteiger partial charge in [-0.2, -0.15) is 0 Å². The fourth-order valence-corrected chi connectivity index (χ4v) is 2.21. The van der Waals surface area contributed by atoms with Crippen LogP contribution in [-0.4, -0.2) is 34.7 Å². The molecule has 1 aromatic carbocycles. The number of rotatable bonds is 3. The number of Topliss-reactive ketones (excluding diaryl/α,β-unsaturated/α-hetero) is 1. The predicted octanol–water partition coefficient (Wildman–Crippen LogP) is 2.21. The van der Waals surface area contributed by atoms with Gasteiger partial charge in [0.1, 0.15) is 5.75 Å². The van der Waals surface area contributed by atoms with Crippen molar-refractivity contribution in [1.29, 1.82) is 0 Å². The maximum atomic E-state index is 12.4. The quantitative estimate of drug-likeness (QED) is 0.917. The van der Waals surface area contributed by atoms with E-state index in [9.17, 15) is 14.7 Å². The summed E-state index contributed by atoms with van der Waals surface area (Å²) in [4.78, 5) is 23.8. The molecule has 2 rings (SSSR count). The lowest BCUT2D eigenvalue weighted by Gasteiger charge is -2.27. The van der Waals surface area contributed by atoms with Crippen molar-refractivity contribution in [3.05, 3.63) is 29.3 Å². The zero-order valence-corrected chi connectivity index (χ0v) is 12.0. The van der Waals surface area contributed by atoms with Crippen molar-refractivity contribution in [3.8, 4) is 5.75 Å². The SMILES string of the molecule is Cc1cccc2c1C(=O)C(C(OC(C)(C)C)C(=O)O)O2. The van der Waals surface area contributed by atoms with E-state index in [0.29, 0.717) is 11.3 Å². The van der Waals surface area contributed by atoms with E-state index in [0.717, 1.165) is 5.56 Å². The second-order valence-electron chi connectivity index (χ2n) is 5.84. The Morgan fingerprint density at radius 3 is 2.55 bits per heavy atom. The summed E-state index contributed by atoms with van der Waals surface area (Å²) in [6.45, 7) is 7.01. The Morgan fingerprint density at radius 1 is 1.40 bits per heavy atom. The third-order valence-electron chi connectivity index (χ3n) is 2.99. The highest BCUT2D eigenvalue weighted by Crippen LogP contribution is 2.33. The molecule has 20 heavy (non-hydrogen) atoms. The van der Waals surface area contributed by atoms with E-state index >= 15 is 0 Å². The molecule has 0 radical (unpaired) electrons. The number of hydrogen-bond donors (Lipinski definition) is 1. The van der Waals surface area contributed by atoms with E-state index in [-0.39, 0.29) is 5.78 Å². The highest BCUT2D eigenvalue weighted by atomic mass is 16.6. The predicted molar refractivity (Wildman–Crippen MR) is 72.2 cm³/mol. The van der Waals surface area contributed by atoms with E-state index in [4.69, 9.17) is 9.47 Å². The maximum Gasteiger partial charge on any atom is 0.337 e. The first-order valence-electron chi connectivity index (χ1n) is 6.42. The molecule has 108 valence electrons. The van der Waals surface area contributed by atoms with Crippen LogP contribution >= 0.6 is 0 Å². The zero-order valence-electron chi connectivity index (χ0n) is 12.0. The third kappa shape index (κ3) is 2.67. The molecule has 0 bridgehead atoms. The molecule has 0 fully saturated rings. The molecule has 1 aromatic rings. The first-order chi connectivity index (χ1) is 9.20. The number of carboxylic acid groups (broad SMARTS) is 1. The van der Waals surface area contributed by atoms with Crippen LogP contribution in [0.25, 0.3) is 0 Å². The Bertz CT molecular complexity index is 556. The number of fused-ring (bicyclic) bond motifs is 1. The number of carbonyl (C=O) groups is 2. The summed E-state index contributed by atoms with van der Waals surface area (Å²) < 4.78 is 11.0. The van der Waals surface area contributed by atoms with Gasteiger partial charge in [0, 0.05) is 0 Å². The van der Waals surface area contributed by atoms with Gasteiger partial charge >= 0.3 is 5.97 Å². The second kappa shape index (κ2) is 4.90. The number of carboxylic acids is 1. The summed E-state index contributed by atoms with van der Waals surface area (Å²) in [5.41, 5.74) is 0.535. The number of carbonyl (C=O) groups excluding carboxylic acids is 1. The third-order valence-corrected chi connectivity index (χ3v) is 2.99. The fraction of sp³-hybridized carbons (Fsp3) is 0.467. The molecule has 2 atom stereocenters. The topological polar surface area (TPSA) is 72.8 Å². The van der Waals surface area contributed by atoms with Crippen molar-refractivity contribution < 1.29 is 24.2 Å². The Balaban J connectivity index is 2.33. The summed E-state index contributed by atoms with van der Waals surface area (Å²) in [6.07, 6.45) is -2.46. The monoisotopic (exact) mass is 278 g/mol.